The Hall–Kier alpha value is -1.43. The summed E-state index contributed by atoms with van der Waals surface area (Å²) in [6.45, 7) is 1.80. The Labute approximate surface area is 77.0 Å². The van der Waals surface area contributed by atoms with Gasteiger partial charge in [-0.2, -0.15) is 15.0 Å². The molecule has 6 heteroatoms. The second kappa shape index (κ2) is 3.53. The van der Waals surface area contributed by atoms with Gasteiger partial charge in [0, 0.05) is 14.1 Å². The summed E-state index contributed by atoms with van der Waals surface area (Å²) in [6, 6.07) is -0.232. The van der Waals surface area contributed by atoms with E-state index < -0.39 is 0 Å². The van der Waals surface area contributed by atoms with Crippen molar-refractivity contribution in [3.05, 3.63) is 5.82 Å². The van der Waals surface area contributed by atoms with E-state index in [1.807, 2.05) is 14.1 Å². The molecule has 0 radical (unpaired) electrons. The van der Waals surface area contributed by atoms with E-state index >= 15 is 0 Å². The third-order valence-corrected chi connectivity index (χ3v) is 1.47. The lowest BCUT2D eigenvalue weighted by Crippen LogP contribution is -2.19. The van der Waals surface area contributed by atoms with E-state index in [0.29, 0.717) is 11.8 Å². The third-order valence-electron chi connectivity index (χ3n) is 1.47. The second-order valence-corrected chi connectivity index (χ2v) is 3.03. The Morgan fingerprint density at radius 1 is 1.23 bits per heavy atom. The van der Waals surface area contributed by atoms with Crippen molar-refractivity contribution >= 4 is 11.9 Å². The number of nitrogens with two attached hydrogens (primary N) is 2. The van der Waals surface area contributed by atoms with E-state index in [9.17, 15) is 0 Å². The van der Waals surface area contributed by atoms with Crippen LogP contribution in [0.2, 0.25) is 0 Å². The van der Waals surface area contributed by atoms with E-state index in [4.69, 9.17) is 11.5 Å². The first-order valence-electron chi connectivity index (χ1n) is 3.95. The fourth-order valence-corrected chi connectivity index (χ4v) is 0.801. The predicted octanol–water partition coefficient (Wildman–Crippen LogP) is -0.460. The Morgan fingerprint density at radius 2 is 1.85 bits per heavy atom. The number of hydrogen-bond acceptors (Lipinski definition) is 6. The number of rotatable bonds is 2. The van der Waals surface area contributed by atoms with Crippen LogP contribution < -0.4 is 16.4 Å². The summed E-state index contributed by atoms with van der Waals surface area (Å²) in [7, 11) is 3.67. The van der Waals surface area contributed by atoms with Crippen LogP contribution in [0.25, 0.3) is 0 Å². The number of nitrogen functional groups attached to an aromatic ring is 1. The summed E-state index contributed by atoms with van der Waals surface area (Å²) in [6.07, 6.45) is 0. The molecule has 0 aromatic carbocycles. The molecule has 0 aliphatic carbocycles. The van der Waals surface area contributed by atoms with E-state index in [1.165, 1.54) is 0 Å². The molecule has 1 atom stereocenters. The van der Waals surface area contributed by atoms with E-state index in [0.717, 1.165) is 0 Å². The zero-order chi connectivity index (χ0) is 10.0. The summed E-state index contributed by atoms with van der Waals surface area (Å²) in [5, 5.41) is 0. The van der Waals surface area contributed by atoms with Gasteiger partial charge in [-0.3, -0.25) is 0 Å². The molecule has 0 saturated carbocycles. The first-order valence-corrected chi connectivity index (χ1v) is 3.95. The summed E-state index contributed by atoms with van der Waals surface area (Å²) in [5.41, 5.74) is 11.1. The van der Waals surface area contributed by atoms with Crippen LogP contribution in [0.3, 0.4) is 0 Å². The van der Waals surface area contributed by atoms with Crippen LogP contribution in [0, 0.1) is 0 Å². The standard InChI is InChI=1S/C7H14N6/c1-4(8)5-10-6(9)12-7(11-5)13(2)3/h4H,8H2,1-3H3,(H2,9,10,11,12). The number of anilines is 2. The highest BCUT2D eigenvalue weighted by molar-refractivity contribution is 5.32. The van der Waals surface area contributed by atoms with E-state index in [2.05, 4.69) is 15.0 Å². The molecule has 4 N–H and O–H groups in total. The molecule has 6 nitrogen and oxygen atoms in total. The second-order valence-electron chi connectivity index (χ2n) is 3.03. The smallest absolute Gasteiger partial charge is 0.229 e. The number of aromatic nitrogens is 3. The van der Waals surface area contributed by atoms with Crippen LogP contribution in [-0.2, 0) is 0 Å². The van der Waals surface area contributed by atoms with Crippen LogP contribution in [-0.4, -0.2) is 29.0 Å². The van der Waals surface area contributed by atoms with Gasteiger partial charge in [0.25, 0.3) is 0 Å². The van der Waals surface area contributed by atoms with Crippen LogP contribution in [0.15, 0.2) is 0 Å². The lowest BCUT2D eigenvalue weighted by molar-refractivity contribution is 0.727. The maximum Gasteiger partial charge on any atom is 0.229 e. The zero-order valence-corrected chi connectivity index (χ0v) is 8.02. The van der Waals surface area contributed by atoms with E-state index in [1.54, 1.807) is 11.8 Å². The fraction of sp³-hybridized carbons (Fsp3) is 0.571. The molecule has 1 unspecified atom stereocenters. The molecule has 0 fully saturated rings. The number of nitrogens with zero attached hydrogens (tertiary/aromatic N) is 4. The molecule has 0 aliphatic heterocycles. The summed E-state index contributed by atoms with van der Waals surface area (Å²) in [4.78, 5) is 13.7. The van der Waals surface area contributed by atoms with Crippen molar-refractivity contribution in [3.63, 3.8) is 0 Å². The molecule has 0 spiro atoms. The summed E-state index contributed by atoms with van der Waals surface area (Å²) in [5.74, 6) is 1.24. The lowest BCUT2D eigenvalue weighted by atomic mass is 10.3. The van der Waals surface area contributed by atoms with Gasteiger partial charge in [-0.15, -0.1) is 0 Å². The van der Waals surface area contributed by atoms with Gasteiger partial charge in [0.2, 0.25) is 11.9 Å². The zero-order valence-electron chi connectivity index (χ0n) is 8.02. The third kappa shape index (κ3) is 2.25. The van der Waals surface area contributed by atoms with Crippen molar-refractivity contribution in [3.8, 4) is 0 Å². The van der Waals surface area contributed by atoms with Crippen LogP contribution in [0.5, 0.6) is 0 Å². The molecule has 1 aromatic rings. The molecule has 0 amide bonds. The lowest BCUT2D eigenvalue weighted by Gasteiger charge is -2.12. The van der Waals surface area contributed by atoms with Crippen molar-refractivity contribution in [2.24, 2.45) is 5.73 Å². The maximum atomic E-state index is 5.62. The molecule has 0 aliphatic rings. The minimum absolute atomic E-state index is 0.200. The summed E-state index contributed by atoms with van der Waals surface area (Å²) >= 11 is 0. The van der Waals surface area contributed by atoms with Crippen LogP contribution >= 0.6 is 0 Å². The Morgan fingerprint density at radius 3 is 2.31 bits per heavy atom. The molecular formula is C7H14N6. The topological polar surface area (TPSA) is 93.9 Å². The molecule has 0 bridgehead atoms. The molecule has 1 aromatic heterocycles. The highest BCUT2D eigenvalue weighted by Crippen LogP contribution is 2.09. The largest absolute Gasteiger partial charge is 0.368 e. The van der Waals surface area contributed by atoms with Crippen LogP contribution in [0.4, 0.5) is 11.9 Å². The van der Waals surface area contributed by atoms with Crippen molar-refractivity contribution in [1.29, 1.82) is 0 Å². The molecular weight excluding hydrogens is 168 g/mol. The first kappa shape index (κ1) is 9.66. The van der Waals surface area contributed by atoms with Gasteiger partial charge < -0.3 is 16.4 Å². The Bertz CT molecular complexity index is 269. The van der Waals surface area contributed by atoms with Crippen molar-refractivity contribution in [2.45, 2.75) is 13.0 Å². The van der Waals surface area contributed by atoms with Gasteiger partial charge in [-0.05, 0) is 6.92 Å². The minimum Gasteiger partial charge on any atom is -0.368 e. The fourth-order valence-electron chi connectivity index (χ4n) is 0.801. The highest BCUT2D eigenvalue weighted by Gasteiger charge is 2.08. The Kier molecular flexibility index (Phi) is 2.62. The molecule has 72 valence electrons. The minimum atomic E-state index is -0.232. The maximum absolute atomic E-state index is 5.62. The van der Waals surface area contributed by atoms with Crippen molar-refractivity contribution < 1.29 is 0 Å². The first-order chi connectivity index (χ1) is 6.00. The Balaban J connectivity index is 3.11. The molecule has 13 heavy (non-hydrogen) atoms. The SMILES string of the molecule is CC(N)c1nc(N)nc(N(C)C)n1. The normalized spacial score (nSPS) is 12.6. The molecule has 1 rings (SSSR count). The van der Waals surface area contributed by atoms with E-state index in [-0.39, 0.29) is 12.0 Å². The van der Waals surface area contributed by atoms with Crippen molar-refractivity contribution in [2.75, 3.05) is 24.7 Å². The average molecular weight is 182 g/mol. The van der Waals surface area contributed by atoms with Gasteiger partial charge >= 0.3 is 0 Å². The highest BCUT2D eigenvalue weighted by atomic mass is 15.3. The average Bonchev–Trinajstić information content (AvgIpc) is 2.03. The summed E-state index contributed by atoms with van der Waals surface area (Å²) < 4.78 is 0. The monoisotopic (exact) mass is 182 g/mol. The quantitative estimate of drug-likeness (QED) is 0.642. The van der Waals surface area contributed by atoms with Gasteiger partial charge in [0.05, 0.1) is 6.04 Å². The van der Waals surface area contributed by atoms with Crippen molar-refractivity contribution in [1.82, 2.24) is 15.0 Å². The van der Waals surface area contributed by atoms with Gasteiger partial charge in [-0.1, -0.05) is 0 Å². The van der Waals surface area contributed by atoms with Gasteiger partial charge in [0.15, 0.2) is 5.82 Å². The number of hydrogen-bond donors (Lipinski definition) is 2. The van der Waals surface area contributed by atoms with Crippen LogP contribution in [0.1, 0.15) is 18.8 Å². The molecule has 1 heterocycles. The van der Waals surface area contributed by atoms with Gasteiger partial charge in [-0.25, -0.2) is 0 Å². The predicted molar refractivity (Wildman–Crippen MR) is 51.2 cm³/mol. The van der Waals surface area contributed by atoms with Gasteiger partial charge in [0.1, 0.15) is 0 Å². The molecule has 0 saturated heterocycles.